The van der Waals surface area contributed by atoms with Crippen LogP contribution >= 0.6 is 0 Å². The number of aromatic nitrogens is 2. The first-order chi connectivity index (χ1) is 8.86. The predicted octanol–water partition coefficient (Wildman–Crippen LogP) is 2.71. The van der Waals surface area contributed by atoms with E-state index in [1.807, 2.05) is 0 Å². The van der Waals surface area contributed by atoms with Gasteiger partial charge in [-0.1, -0.05) is 0 Å². The molecule has 19 heavy (non-hydrogen) atoms. The summed E-state index contributed by atoms with van der Waals surface area (Å²) in [6, 6.07) is 3.73. The number of carbonyl (C=O) groups excluding carboxylic acids is 1. The van der Waals surface area contributed by atoms with E-state index in [9.17, 15) is 18.0 Å². The Morgan fingerprint density at radius 1 is 1.37 bits per heavy atom. The van der Waals surface area contributed by atoms with Gasteiger partial charge in [0.2, 0.25) is 11.9 Å². The lowest BCUT2D eigenvalue weighted by atomic mass is 10.2. The number of furan rings is 1. The van der Waals surface area contributed by atoms with Crippen LogP contribution in [0.15, 0.2) is 28.9 Å². The van der Waals surface area contributed by atoms with Gasteiger partial charge >= 0.3 is 6.18 Å². The molecule has 8 heteroatoms. The standard InChI is InChI=1S/C11H8F3N3O2/c1-6(18)15-10-16-7(8-3-2-4-19-8)5-9(17-10)11(12,13)14/h2-5H,1H3,(H,15,16,17,18). The number of hydrogen-bond acceptors (Lipinski definition) is 4. The Labute approximate surface area is 105 Å². The summed E-state index contributed by atoms with van der Waals surface area (Å²) in [6.45, 7) is 1.15. The Morgan fingerprint density at radius 3 is 2.63 bits per heavy atom. The lowest BCUT2D eigenvalue weighted by Gasteiger charge is -2.09. The number of anilines is 1. The summed E-state index contributed by atoms with van der Waals surface area (Å²) in [6.07, 6.45) is -3.33. The molecule has 0 radical (unpaired) electrons. The first-order valence-electron chi connectivity index (χ1n) is 5.14. The number of nitrogens with zero attached hydrogens (tertiary/aromatic N) is 2. The van der Waals surface area contributed by atoms with Crippen molar-refractivity contribution in [1.82, 2.24) is 9.97 Å². The Hall–Kier alpha value is -2.38. The summed E-state index contributed by atoms with van der Waals surface area (Å²) < 4.78 is 43.1. The van der Waals surface area contributed by atoms with Crippen molar-refractivity contribution in [2.24, 2.45) is 0 Å². The molecular formula is C11H8F3N3O2. The summed E-state index contributed by atoms with van der Waals surface area (Å²) in [5.41, 5.74) is -1.21. The van der Waals surface area contributed by atoms with Gasteiger partial charge in [-0.15, -0.1) is 0 Å². The van der Waals surface area contributed by atoms with Crippen molar-refractivity contribution in [1.29, 1.82) is 0 Å². The van der Waals surface area contributed by atoms with Gasteiger partial charge in [-0.25, -0.2) is 9.97 Å². The third kappa shape index (κ3) is 3.09. The van der Waals surface area contributed by atoms with Gasteiger partial charge in [0.15, 0.2) is 11.5 Å². The van der Waals surface area contributed by atoms with Crippen LogP contribution < -0.4 is 5.32 Å². The van der Waals surface area contributed by atoms with Crippen LogP contribution in [0.3, 0.4) is 0 Å². The maximum Gasteiger partial charge on any atom is 0.433 e. The molecule has 0 saturated carbocycles. The molecule has 0 unspecified atom stereocenters. The van der Waals surface area contributed by atoms with Crippen molar-refractivity contribution in [2.45, 2.75) is 13.1 Å². The van der Waals surface area contributed by atoms with Crippen molar-refractivity contribution in [3.05, 3.63) is 30.2 Å². The van der Waals surface area contributed by atoms with Gasteiger partial charge in [0, 0.05) is 6.92 Å². The van der Waals surface area contributed by atoms with Crippen LogP contribution in [0.1, 0.15) is 12.6 Å². The van der Waals surface area contributed by atoms with E-state index in [4.69, 9.17) is 4.42 Å². The summed E-state index contributed by atoms with van der Waals surface area (Å²) in [7, 11) is 0. The predicted molar refractivity (Wildman–Crippen MR) is 59.0 cm³/mol. The van der Waals surface area contributed by atoms with Crippen molar-refractivity contribution in [3.8, 4) is 11.5 Å². The van der Waals surface area contributed by atoms with E-state index >= 15 is 0 Å². The Bertz CT molecular complexity index is 594. The minimum atomic E-state index is -4.64. The number of rotatable bonds is 2. The molecule has 0 aliphatic carbocycles. The molecule has 2 aromatic rings. The molecule has 1 N–H and O–H groups in total. The van der Waals surface area contributed by atoms with E-state index in [1.165, 1.54) is 18.4 Å². The summed E-state index contributed by atoms with van der Waals surface area (Å²) in [5.74, 6) is -0.835. The SMILES string of the molecule is CC(=O)Nc1nc(-c2ccco2)cc(C(F)(F)F)n1. The van der Waals surface area contributed by atoms with Crippen LogP contribution in [-0.2, 0) is 11.0 Å². The van der Waals surface area contributed by atoms with Crippen molar-refractivity contribution < 1.29 is 22.4 Å². The lowest BCUT2D eigenvalue weighted by molar-refractivity contribution is -0.141. The van der Waals surface area contributed by atoms with Crippen LogP contribution in [-0.4, -0.2) is 15.9 Å². The van der Waals surface area contributed by atoms with Gasteiger partial charge in [-0.05, 0) is 18.2 Å². The van der Waals surface area contributed by atoms with Gasteiger partial charge in [-0.2, -0.15) is 13.2 Å². The Morgan fingerprint density at radius 2 is 2.11 bits per heavy atom. The summed E-state index contributed by atoms with van der Waals surface area (Å²) >= 11 is 0. The highest BCUT2D eigenvalue weighted by Crippen LogP contribution is 2.31. The van der Waals surface area contributed by atoms with E-state index in [0.717, 1.165) is 13.0 Å². The fourth-order valence-electron chi connectivity index (χ4n) is 1.36. The third-order valence-electron chi connectivity index (χ3n) is 2.08. The maximum atomic E-state index is 12.7. The van der Waals surface area contributed by atoms with Gasteiger partial charge in [-0.3, -0.25) is 10.1 Å². The highest BCUT2D eigenvalue weighted by Gasteiger charge is 2.34. The molecule has 2 heterocycles. The van der Waals surface area contributed by atoms with Crippen molar-refractivity contribution >= 4 is 11.9 Å². The van der Waals surface area contributed by atoms with Crippen LogP contribution in [0.4, 0.5) is 19.1 Å². The minimum Gasteiger partial charge on any atom is -0.463 e. The minimum absolute atomic E-state index is 0.0592. The second kappa shape index (κ2) is 4.71. The number of carbonyl (C=O) groups is 1. The van der Waals surface area contributed by atoms with E-state index in [-0.39, 0.29) is 11.5 Å². The molecule has 0 aliphatic rings. The molecular weight excluding hydrogens is 263 g/mol. The number of amides is 1. The highest BCUT2D eigenvalue weighted by molar-refractivity contribution is 5.86. The van der Waals surface area contributed by atoms with Crippen LogP contribution in [0.2, 0.25) is 0 Å². The summed E-state index contributed by atoms with van der Waals surface area (Å²) in [5, 5.41) is 2.12. The van der Waals surface area contributed by atoms with Gasteiger partial charge in [0.1, 0.15) is 5.69 Å². The molecule has 0 saturated heterocycles. The number of nitrogens with one attached hydrogen (secondary N) is 1. The molecule has 0 bridgehead atoms. The zero-order valence-corrected chi connectivity index (χ0v) is 9.65. The lowest BCUT2D eigenvalue weighted by Crippen LogP contribution is -2.15. The van der Waals surface area contributed by atoms with E-state index in [2.05, 4.69) is 15.3 Å². The second-order valence-electron chi connectivity index (χ2n) is 3.62. The molecule has 1 amide bonds. The van der Waals surface area contributed by atoms with Gasteiger partial charge in [0.05, 0.1) is 6.26 Å². The molecule has 0 aromatic carbocycles. The molecule has 2 aromatic heterocycles. The quantitative estimate of drug-likeness (QED) is 0.911. The molecule has 0 spiro atoms. The second-order valence-corrected chi connectivity index (χ2v) is 3.62. The topological polar surface area (TPSA) is 68.0 Å². The molecule has 0 fully saturated rings. The maximum absolute atomic E-state index is 12.7. The van der Waals surface area contributed by atoms with Crippen LogP contribution in [0.25, 0.3) is 11.5 Å². The molecule has 100 valence electrons. The van der Waals surface area contributed by atoms with Crippen LogP contribution in [0, 0.1) is 0 Å². The Kier molecular flexibility index (Phi) is 3.24. The largest absolute Gasteiger partial charge is 0.463 e. The molecule has 5 nitrogen and oxygen atoms in total. The fraction of sp³-hybridized carbons (Fsp3) is 0.182. The molecule has 2 rings (SSSR count). The van der Waals surface area contributed by atoms with Crippen molar-refractivity contribution in [2.75, 3.05) is 5.32 Å². The summed E-state index contributed by atoms with van der Waals surface area (Å²) in [4.78, 5) is 17.9. The normalized spacial score (nSPS) is 11.4. The zero-order valence-electron chi connectivity index (χ0n) is 9.65. The average Bonchev–Trinajstić information content (AvgIpc) is 2.79. The first-order valence-corrected chi connectivity index (χ1v) is 5.14. The highest BCUT2D eigenvalue weighted by atomic mass is 19.4. The molecule has 0 aliphatic heterocycles. The first kappa shape index (κ1) is 13.1. The van der Waals surface area contributed by atoms with E-state index in [0.29, 0.717) is 0 Å². The van der Waals surface area contributed by atoms with E-state index in [1.54, 1.807) is 0 Å². The van der Waals surface area contributed by atoms with E-state index < -0.39 is 23.7 Å². The fourth-order valence-corrected chi connectivity index (χ4v) is 1.36. The Balaban J connectivity index is 2.52. The van der Waals surface area contributed by atoms with Crippen molar-refractivity contribution in [3.63, 3.8) is 0 Å². The monoisotopic (exact) mass is 271 g/mol. The third-order valence-corrected chi connectivity index (χ3v) is 2.08. The smallest absolute Gasteiger partial charge is 0.433 e. The number of alkyl halides is 3. The van der Waals surface area contributed by atoms with Gasteiger partial charge < -0.3 is 4.42 Å². The van der Waals surface area contributed by atoms with Crippen LogP contribution in [0.5, 0.6) is 0 Å². The molecule has 0 atom stereocenters. The number of halogens is 3. The average molecular weight is 271 g/mol. The number of hydrogen-bond donors (Lipinski definition) is 1. The van der Waals surface area contributed by atoms with Gasteiger partial charge in [0.25, 0.3) is 0 Å². The zero-order chi connectivity index (χ0) is 14.0.